The lowest BCUT2D eigenvalue weighted by atomic mass is 10.00. The van der Waals surface area contributed by atoms with Crippen LogP contribution in [0.2, 0.25) is 0 Å². The number of hydrogen-bond donors (Lipinski definition) is 0. The van der Waals surface area contributed by atoms with E-state index in [4.69, 9.17) is 4.42 Å². The van der Waals surface area contributed by atoms with Gasteiger partial charge in [-0.25, -0.2) is 0 Å². The SMILES string of the molecule is C1=CCCC(n2c3ccccc3c3cc(-c4ccc(N(c5ccc(-c6ccc7ccccc7c6)cc5)c5ccc(-c6ccc7oc8ccccc8c7c6)cc5)cc4)ccc32)=C1. The van der Waals surface area contributed by atoms with Crippen LogP contribution in [0.5, 0.6) is 0 Å². The molecule has 2 heterocycles. The summed E-state index contributed by atoms with van der Waals surface area (Å²) in [6.45, 7) is 0. The first-order valence-electron chi connectivity index (χ1n) is 21.1. The molecule has 0 saturated carbocycles. The van der Waals surface area contributed by atoms with E-state index < -0.39 is 0 Å². The minimum atomic E-state index is 0.907. The molecule has 1 aliphatic rings. The molecule has 0 unspecified atom stereocenters. The molecule has 0 bridgehead atoms. The van der Waals surface area contributed by atoms with Gasteiger partial charge in [-0.2, -0.15) is 0 Å². The van der Waals surface area contributed by atoms with Crippen LogP contribution in [-0.2, 0) is 0 Å². The molecule has 1 aliphatic carbocycles. The maximum Gasteiger partial charge on any atom is 0.135 e. The second-order valence-electron chi connectivity index (χ2n) is 16.1. The highest BCUT2D eigenvalue weighted by molar-refractivity contribution is 6.11. The summed E-state index contributed by atoms with van der Waals surface area (Å²) in [5, 5.41) is 7.33. The van der Waals surface area contributed by atoms with Gasteiger partial charge in [0.25, 0.3) is 0 Å². The molecule has 0 N–H and O–H groups in total. The van der Waals surface area contributed by atoms with E-state index in [-0.39, 0.29) is 0 Å². The fourth-order valence-corrected chi connectivity index (χ4v) is 9.37. The molecule has 3 nitrogen and oxygen atoms in total. The summed E-state index contributed by atoms with van der Waals surface area (Å²) in [5.41, 5.74) is 16.1. The van der Waals surface area contributed by atoms with Crippen molar-refractivity contribution < 1.29 is 4.42 Å². The second-order valence-corrected chi connectivity index (χ2v) is 16.1. The number of fused-ring (bicyclic) bond motifs is 7. The Morgan fingerprint density at radius 2 is 0.918 bits per heavy atom. The van der Waals surface area contributed by atoms with E-state index in [2.05, 4.69) is 216 Å². The van der Waals surface area contributed by atoms with E-state index in [0.717, 1.165) is 63.0 Å². The Hall–Kier alpha value is -7.88. The van der Waals surface area contributed by atoms with Gasteiger partial charge in [-0.05, 0) is 142 Å². The molecule has 0 amide bonds. The molecule has 0 atom stereocenters. The molecule has 9 aromatic carbocycles. The summed E-state index contributed by atoms with van der Waals surface area (Å²) >= 11 is 0. The van der Waals surface area contributed by atoms with Gasteiger partial charge in [0.15, 0.2) is 0 Å². The molecule has 0 spiro atoms. The van der Waals surface area contributed by atoms with Crippen LogP contribution < -0.4 is 4.90 Å². The zero-order valence-electron chi connectivity index (χ0n) is 33.5. The van der Waals surface area contributed by atoms with Gasteiger partial charge in [0.1, 0.15) is 11.2 Å². The van der Waals surface area contributed by atoms with Crippen LogP contribution in [0.15, 0.2) is 223 Å². The molecule has 61 heavy (non-hydrogen) atoms. The third kappa shape index (κ3) is 6.13. The number of nitrogens with zero attached hydrogens (tertiary/aromatic N) is 2. The summed E-state index contributed by atoms with van der Waals surface area (Å²) in [7, 11) is 0. The fourth-order valence-electron chi connectivity index (χ4n) is 9.37. The van der Waals surface area contributed by atoms with Crippen LogP contribution in [-0.4, -0.2) is 4.57 Å². The highest BCUT2D eigenvalue weighted by Gasteiger charge is 2.17. The molecule has 0 radical (unpaired) electrons. The lowest BCUT2D eigenvalue weighted by Gasteiger charge is -2.26. The molecule has 0 saturated heterocycles. The Morgan fingerprint density at radius 3 is 1.61 bits per heavy atom. The van der Waals surface area contributed by atoms with Crippen molar-refractivity contribution in [2.24, 2.45) is 0 Å². The Bertz CT molecular complexity index is 3510. The highest BCUT2D eigenvalue weighted by atomic mass is 16.3. The Kier molecular flexibility index (Phi) is 8.31. The maximum atomic E-state index is 6.13. The highest BCUT2D eigenvalue weighted by Crippen LogP contribution is 2.41. The van der Waals surface area contributed by atoms with Crippen molar-refractivity contribution >= 4 is 77.3 Å². The Balaban J connectivity index is 0.919. The quantitative estimate of drug-likeness (QED) is 0.161. The third-order valence-corrected chi connectivity index (χ3v) is 12.5. The average molecular weight is 781 g/mol. The summed E-state index contributed by atoms with van der Waals surface area (Å²) in [5.74, 6) is 0. The summed E-state index contributed by atoms with van der Waals surface area (Å²) in [6.07, 6.45) is 8.81. The molecule has 0 fully saturated rings. The summed E-state index contributed by atoms with van der Waals surface area (Å²) < 4.78 is 8.58. The van der Waals surface area contributed by atoms with Crippen LogP contribution >= 0.6 is 0 Å². The molecule has 2 aromatic heterocycles. The number of furan rings is 1. The smallest absolute Gasteiger partial charge is 0.135 e. The van der Waals surface area contributed by atoms with Crippen LogP contribution in [0.4, 0.5) is 17.1 Å². The Labute approximate surface area is 354 Å². The predicted octanol–water partition coefficient (Wildman–Crippen LogP) is 16.5. The molecule has 11 aromatic rings. The maximum absolute atomic E-state index is 6.13. The van der Waals surface area contributed by atoms with E-state index in [1.807, 2.05) is 12.1 Å². The molecule has 12 rings (SSSR count). The summed E-state index contributed by atoms with van der Waals surface area (Å²) in [4.78, 5) is 2.35. The third-order valence-electron chi connectivity index (χ3n) is 12.5. The summed E-state index contributed by atoms with van der Waals surface area (Å²) in [6, 6.07) is 72.7. The zero-order valence-corrected chi connectivity index (χ0v) is 33.5. The van der Waals surface area contributed by atoms with Gasteiger partial charge >= 0.3 is 0 Å². The molecule has 3 heteroatoms. The van der Waals surface area contributed by atoms with Gasteiger partial charge < -0.3 is 13.9 Å². The average Bonchev–Trinajstić information content (AvgIpc) is 3.87. The lowest BCUT2D eigenvalue weighted by Crippen LogP contribution is -2.09. The minimum Gasteiger partial charge on any atom is -0.456 e. The van der Waals surface area contributed by atoms with E-state index in [1.54, 1.807) is 0 Å². The number of hydrogen-bond acceptors (Lipinski definition) is 2. The van der Waals surface area contributed by atoms with Gasteiger partial charge in [0.2, 0.25) is 0 Å². The molecule has 288 valence electrons. The first-order chi connectivity index (χ1) is 30.2. The Morgan fingerprint density at radius 1 is 0.393 bits per heavy atom. The van der Waals surface area contributed by atoms with Crippen molar-refractivity contribution in [3.05, 3.63) is 218 Å². The van der Waals surface area contributed by atoms with E-state index in [0.29, 0.717) is 0 Å². The molecule has 0 aliphatic heterocycles. The predicted molar refractivity (Wildman–Crippen MR) is 258 cm³/mol. The number of benzene rings is 9. The van der Waals surface area contributed by atoms with E-state index in [1.165, 1.54) is 60.5 Å². The topological polar surface area (TPSA) is 21.3 Å². The van der Waals surface area contributed by atoms with Crippen molar-refractivity contribution in [2.45, 2.75) is 12.8 Å². The normalized spacial score (nSPS) is 12.8. The number of anilines is 3. The standard InChI is InChI=1S/C58H40N2O/c1-2-12-47(13-3-1)60-55-16-8-6-14-51(55)53-37-45(26-34-56(53)60)41-22-30-49(31-23-41)59(48-28-20-40(21-29-48)44-19-18-39-10-4-5-11-43(39)36-44)50-32-24-42(25-33-50)46-27-35-58-54(38-46)52-15-7-9-17-57(52)61-58/h1-2,4-12,14-38H,3,13H2. The molecular formula is C58H40N2O. The van der Waals surface area contributed by atoms with Crippen molar-refractivity contribution in [1.29, 1.82) is 0 Å². The van der Waals surface area contributed by atoms with Crippen LogP contribution in [0.1, 0.15) is 12.8 Å². The monoisotopic (exact) mass is 780 g/mol. The first kappa shape index (κ1) is 35.1. The zero-order chi connectivity index (χ0) is 40.3. The van der Waals surface area contributed by atoms with Gasteiger partial charge in [0, 0.05) is 44.3 Å². The van der Waals surface area contributed by atoms with Gasteiger partial charge in [-0.3, -0.25) is 0 Å². The van der Waals surface area contributed by atoms with Crippen molar-refractivity contribution in [3.63, 3.8) is 0 Å². The van der Waals surface area contributed by atoms with Crippen molar-refractivity contribution in [3.8, 4) is 33.4 Å². The second kappa shape index (κ2) is 14.4. The van der Waals surface area contributed by atoms with Crippen LogP contribution in [0.25, 0.3) is 93.6 Å². The number of aromatic nitrogens is 1. The first-order valence-corrected chi connectivity index (χ1v) is 21.1. The number of rotatable bonds is 7. The van der Waals surface area contributed by atoms with Crippen LogP contribution in [0, 0.1) is 0 Å². The largest absolute Gasteiger partial charge is 0.456 e. The van der Waals surface area contributed by atoms with Crippen molar-refractivity contribution in [1.82, 2.24) is 4.57 Å². The van der Waals surface area contributed by atoms with Gasteiger partial charge in [-0.1, -0.05) is 133 Å². The van der Waals surface area contributed by atoms with Gasteiger partial charge in [-0.15, -0.1) is 0 Å². The van der Waals surface area contributed by atoms with Crippen molar-refractivity contribution in [2.75, 3.05) is 4.90 Å². The van der Waals surface area contributed by atoms with E-state index >= 15 is 0 Å². The van der Waals surface area contributed by atoms with Gasteiger partial charge in [0.05, 0.1) is 11.0 Å². The van der Waals surface area contributed by atoms with Crippen LogP contribution in [0.3, 0.4) is 0 Å². The number of allylic oxidation sites excluding steroid dienone is 4. The number of para-hydroxylation sites is 2. The minimum absolute atomic E-state index is 0.907. The van der Waals surface area contributed by atoms with E-state index in [9.17, 15) is 0 Å². The lowest BCUT2D eigenvalue weighted by molar-refractivity contribution is 0.669. The molecular weight excluding hydrogens is 741 g/mol. The fraction of sp³-hybridized carbons (Fsp3) is 0.0345.